The molecule has 0 fully saturated rings. The van der Waals surface area contributed by atoms with E-state index < -0.39 is 6.10 Å². The van der Waals surface area contributed by atoms with Gasteiger partial charge in [-0.3, -0.25) is 0 Å². The monoisotopic (exact) mass is 267 g/mol. The molecular formula is C11H13N3OS2. The zero-order chi connectivity index (χ0) is 12.3. The zero-order valence-corrected chi connectivity index (χ0v) is 11.3. The minimum atomic E-state index is -0.477. The first-order valence-corrected chi connectivity index (χ1v) is 6.92. The van der Waals surface area contributed by atoms with E-state index in [9.17, 15) is 5.11 Å². The molecule has 0 aliphatic heterocycles. The Kier molecular flexibility index (Phi) is 4.09. The zero-order valence-electron chi connectivity index (χ0n) is 9.62. The Morgan fingerprint density at radius 2 is 2.29 bits per heavy atom. The first-order valence-electron chi connectivity index (χ1n) is 5.33. The molecule has 2 aromatic heterocycles. The van der Waals surface area contributed by atoms with Crippen molar-refractivity contribution in [2.75, 3.05) is 0 Å². The van der Waals surface area contributed by atoms with Gasteiger partial charge in [-0.15, -0.1) is 0 Å². The topological polar surface area (TPSA) is 58.9 Å². The highest BCUT2D eigenvalue weighted by Crippen LogP contribution is 2.27. The van der Waals surface area contributed by atoms with E-state index in [0.717, 1.165) is 27.2 Å². The summed E-state index contributed by atoms with van der Waals surface area (Å²) in [6.07, 6.45) is 2.06. The summed E-state index contributed by atoms with van der Waals surface area (Å²) in [4.78, 5) is 8.63. The number of aliphatic hydroxyl groups excluding tert-OH is 1. The fourth-order valence-electron chi connectivity index (χ4n) is 1.21. The van der Waals surface area contributed by atoms with Gasteiger partial charge in [0, 0.05) is 12.6 Å². The maximum atomic E-state index is 9.37. The molecule has 90 valence electrons. The Hall–Kier alpha value is -0.980. The van der Waals surface area contributed by atoms with Crippen LogP contribution in [0.4, 0.5) is 0 Å². The normalized spacial score (nSPS) is 12.6. The lowest BCUT2D eigenvalue weighted by Crippen LogP contribution is -1.92. The van der Waals surface area contributed by atoms with Gasteiger partial charge in [-0.05, 0) is 41.8 Å². The molecule has 0 bridgehead atoms. The molecule has 1 atom stereocenters. The van der Waals surface area contributed by atoms with Crippen LogP contribution in [0.15, 0.2) is 27.7 Å². The van der Waals surface area contributed by atoms with E-state index in [2.05, 4.69) is 14.3 Å². The van der Waals surface area contributed by atoms with Crippen LogP contribution in [0.25, 0.3) is 0 Å². The number of aliphatic hydroxyl groups is 1. The predicted octanol–water partition coefficient (Wildman–Crippen LogP) is 2.70. The van der Waals surface area contributed by atoms with Gasteiger partial charge >= 0.3 is 0 Å². The third-order valence-corrected chi connectivity index (χ3v) is 3.94. The van der Waals surface area contributed by atoms with Gasteiger partial charge in [0.25, 0.3) is 0 Å². The van der Waals surface area contributed by atoms with Crippen LogP contribution in [0, 0.1) is 0 Å². The van der Waals surface area contributed by atoms with Crippen LogP contribution in [0.2, 0.25) is 0 Å². The Bertz CT molecular complexity index is 482. The summed E-state index contributed by atoms with van der Waals surface area (Å²) in [6, 6.07) is 3.77. The highest BCUT2D eigenvalue weighted by Gasteiger charge is 2.06. The summed E-state index contributed by atoms with van der Waals surface area (Å²) in [5, 5.41) is 10.2. The van der Waals surface area contributed by atoms with Gasteiger partial charge in [0.2, 0.25) is 0 Å². The van der Waals surface area contributed by atoms with Crippen LogP contribution in [-0.4, -0.2) is 19.4 Å². The smallest absolute Gasteiger partial charge is 0.176 e. The van der Waals surface area contributed by atoms with Crippen molar-refractivity contribution in [1.82, 2.24) is 14.3 Å². The van der Waals surface area contributed by atoms with Crippen molar-refractivity contribution in [3.05, 3.63) is 29.7 Å². The molecule has 0 aliphatic carbocycles. The van der Waals surface area contributed by atoms with Gasteiger partial charge in [-0.25, -0.2) is 9.97 Å². The Balaban J connectivity index is 2.08. The molecule has 1 unspecified atom stereocenters. The second-order valence-electron chi connectivity index (χ2n) is 3.54. The van der Waals surface area contributed by atoms with Crippen LogP contribution in [-0.2, 0) is 6.42 Å². The van der Waals surface area contributed by atoms with Gasteiger partial charge < -0.3 is 5.11 Å². The Labute approximate surface area is 108 Å². The molecule has 0 radical (unpaired) electrons. The van der Waals surface area contributed by atoms with E-state index in [1.165, 1.54) is 23.3 Å². The highest BCUT2D eigenvalue weighted by atomic mass is 32.2. The van der Waals surface area contributed by atoms with Crippen molar-refractivity contribution >= 4 is 23.3 Å². The second kappa shape index (κ2) is 5.57. The standard InChI is InChI=1S/C11H13N3OS2/c1-3-9-13-11(17-14-9)16-10-5-4-8(6-12-10)7(2)15/h4-7,15H,3H2,1-2H3. The molecule has 0 aromatic carbocycles. The fraction of sp³-hybridized carbons (Fsp3) is 0.364. The van der Waals surface area contributed by atoms with Crippen LogP contribution < -0.4 is 0 Å². The lowest BCUT2D eigenvalue weighted by molar-refractivity contribution is 0.198. The van der Waals surface area contributed by atoms with E-state index in [1.54, 1.807) is 13.1 Å². The number of pyridine rings is 1. The van der Waals surface area contributed by atoms with Gasteiger partial charge in [-0.2, -0.15) is 4.37 Å². The summed E-state index contributed by atoms with van der Waals surface area (Å²) in [5.74, 6) is 0.873. The number of aromatic nitrogens is 3. The minimum Gasteiger partial charge on any atom is -0.389 e. The van der Waals surface area contributed by atoms with Crippen molar-refractivity contribution in [3.63, 3.8) is 0 Å². The van der Waals surface area contributed by atoms with Gasteiger partial charge in [0.15, 0.2) is 4.34 Å². The molecule has 2 heterocycles. The minimum absolute atomic E-state index is 0.477. The predicted molar refractivity (Wildman–Crippen MR) is 68.3 cm³/mol. The van der Waals surface area contributed by atoms with Crippen molar-refractivity contribution in [2.24, 2.45) is 0 Å². The van der Waals surface area contributed by atoms with Crippen LogP contribution in [0.5, 0.6) is 0 Å². The first-order chi connectivity index (χ1) is 8.19. The Morgan fingerprint density at radius 3 is 2.82 bits per heavy atom. The molecule has 2 rings (SSSR count). The van der Waals surface area contributed by atoms with E-state index in [4.69, 9.17) is 0 Å². The third-order valence-electron chi connectivity index (χ3n) is 2.20. The number of aryl methyl sites for hydroxylation is 1. The largest absolute Gasteiger partial charge is 0.389 e. The van der Waals surface area contributed by atoms with Gasteiger partial charge in [-0.1, -0.05) is 13.0 Å². The van der Waals surface area contributed by atoms with Crippen molar-refractivity contribution in [1.29, 1.82) is 0 Å². The van der Waals surface area contributed by atoms with Crippen LogP contribution >= 0.6 is 23.3 Å². The van der Waals surface area contributed by atoms with Crippen molar-refractivity contribution in [3.8, 4) is 0 Å². The number of hydrogen-bond acceptors (Lipinski definition) is 6. The highest BCUT2D eigenvalue weighted by molar-refractivity contribution is 8.00. The molecule has 0 saturated carbocycles. The molecule has 2 aromatic rings. The number of hydrogen-bond donors (Lipinski definition) is 1. The van der Waals surface area contributed by atoms with Crippen LogP contribution in [0.1, 0.15) is 31.3 Å². The molecular weight excluding hydrogens is 254 g/mol. The lowest BCUT2D eigenvalue weighted by atomic mass is 10.2. The average Bonchev–Trinajstić information content (AvgIpc) is 2.77. The van der Waals surface area contributed by atoms with E-state index in [1.807, 2.05) is 19.1 Å². The van der Waals surface area contributed by atoms with Crippen molar-refractivity contribution in [2.45, 2.75) is 35.7 Å². The quantitative estimate of drug-likeness (QED) is 0.923. The maximum Gasteiger partial charge on any atom is 0.176 e. The maximum absolute atomic E-state index is 9.37. The summed E-state index contributed by atoms with van der Waals surface area (Å²) >= 11 is 2.89. The fourth-order valence-corrected chi connectivity index (χ4v) is 2.80. The van der Waals surface area contributed by atoms with E-state index in [0.29, 0.717) is 0 Å². The molecule has 0 spiro atoms. The Morgan fingerprint density at radius 1 is 1.47 bits per heavy atom. The summed E-state index contributed by atoms with van der Waals surface area (Å²) < 4.78 is 5.12. The van der Waals surface area contributed by atoms with E-state index in [-0.39, 0.29) is 0 Å². The molecule has 0 aliphatic rings. The molecule has 4 nitrogen and oxygen atoms in total. The molecule has 1 N–H and O–H groups in total. The SMILES string of the molecule is CCc1nsc(Sc2ccc(C(C)O)cn2)n1. The summed E-state index contributed by atoms with van der Waals surface area (Å²) in [6.45, 7) is 3.76. The van der Waals surface area contributed by atoms with Gasteiger partial charge in [0.1, 0.15) is 10.9 Å². The lowest BCUT2D eigenvalue weighted by Gasteiger charge is -2.03. The summed E-state index contributed by atoms with van der Waals surface area (Å²) in [5.41, 5.74) is 0.820. The van der Waals surface area contributed by atoms with Crippen molar-refractivity contribution < 1.29 is 5.11 Å². The molecule has 0 saturated heterocycles. The number of rotatable bonds is 4. The molecule has 17 heavy (non-hydrogen) atoms. The number of nitrogens with zero attached hydrogens (tertiary/aromatic N) is 3. The second-order valence-corrected chi connectivity index (χ2v) is 5.56. The summed E-state index contributed by atoms with van der Waals surface area (Å²) in [7, 11) is 0. The van der Waals surface area contributed by atoms with Gasteiger partial charge in [0.05, 0.1) is 6.10 Å². The van der Waals surface area contributed by atoms with E-state index >= 15 is 0 Å². The molecule has 6 heteroatoms. The molecule has 0 amide bonds. The van der Waals surface area contributed by atoms with Crippen LogP contribution in [0.3, 0.4) is 0 Å². The average molecular weight is 267 g/mol. The first kappa shape index (κ1) is 12.5. The third kappa shape index (κ3) is 3.24.